The second-order valence-corrected chi connectivity index (χ2v) is 5.38. The fourth-order valence-corrected chi connectivity index (χ4v) is 2.43. The number of hydrogen-bond acceptors (Lipinski definition) is 6. The number of nitrogens with two attached hydrogens (primary N) is 1. The average Bonchev–Trinajstić information content (AvgIpc) is 2.49. The van der Waals surface area contributed by atoms with Crippen LogP contribution in [0.5, 0.6) is 0 Å². The number of rotatable bonds is 4. The zero-order valence-corrected chi connectivity index (χ0v) is 12.0. The SMILES string of the molecule is CN1CCC(CN(C)C(=O)c2ccc(NN)nn2)CC1. The second kappa shape index (κ2) is 6.62. The largest absolute Gasteiger partial charge is 0.340 e. The van der Waals surface area contributed by atoms with Crippen LogP contribution < -0.4 is 11.3 Å². The predicted molar refractivity (Wildman–Crippen MR) is 77.0 cm³/mol. The summed E-state index contributed by atoms with van der Waals surface area (Å²) in [5, 5.41) is 7.70. The average molecular weight is 278 g/mol. The van der Waals surface area contributed by atoms with E-state index >= 15 is 0 Å². The highest BCUT2D eigenvalue weighted by Gasteiger charge is 2.21. The fraction of sp³-hybridized carbons (Fsp3) is 0.615. The number of anilines is 1. The van der Waals surface area contributed by atoms with Crippen molar-refractivity contribution in [2.45, 2.75) is 12.8 Å². The molecule has 3 N–H and O–H groups in total. The molecule has 1 saturated heterocycles. The molecule has 20 heavy (non-hydrogen) atoms. The fourth-order valence-electron chi connectivity index (χ4n) is 2.43. The van der Waals surface area contributed by atoms with Gasteiger partial charge in [-0.05, 0) is 51.0 Å². The number of carbonyl (C=O) groups is 1. The molecule has 1 fully saturated rings. The lowest BCUT2D eigenvalue weighted by Crippen LogP contribution is -2.38. The van der Waals surface area contributed by atoms with Gasteiger partial charge in [-0.15, -0.1) is 10.2 Å². The maximum atomic E-state index is 12.2. The Labute approximate surface area is 119 Å². The zero-order valence-electron chi connectivity index (χ0n) is 12.0. The molecule has 0 unspecified atom stereocenters. The molecule has 2 rings (SSSR count). The monoisotopic (exact) mass is 278 g/mol. The Balaban J connectivity index is 1.90. The van der Waals surface area contributed by atoms with E-state index in [9.17, 15) is 4.79 Å². The van der Waals surface area contributed by atoms with Gasteiger partial charge in [0.15, 0.2) is 11.5 Å². The van der Waals surface area contributed by atoms with Gasteiger partial charge in [-0.2, -0.15) is 0 Å². The minimum absolute atomic E-state index is 0.0972. The van der Waals surface area contributed by atoms with E-state index in [2.05, 4.69) is 27.6 Å². The van der Waals surface area contributed by atoms with Crippen LogP contribution in [-0.4, -0.2) is 59.6 Å². The smallest absolute Gasteiger partial charge is 0.274 e. The molecule has 0 aromatic carbocycles. The van der Waals surface area contributed by atoms with Crippen molar-refractivity contribution in [1.29, 1.82) is 0 Å². The first-order valence-corrected chi connectivity index (χ1v) is 6.84. The molecular formula is C13H22N6O. The van der Waals surface area contributed by atoms with Crippen LogP contribution >= 0.6 is 0 Å². The standard InChI is InChI=1S/C13H22N6O/c1-18-7-5-10(6-8-18)9-19(2)13(20)11-3-4-12(15-14)17-16-11/h3-4,10H,5-9,14H2,1-2H3,(H,15,17). The Morgan fingerprint density at radius 2 is 2.15 bits per heavy atom. The minimum Gasteiger partial charge on any atom is -0.340 e. The Morgan fingerprint density at radius 1 is 1.45 bits per heavy atom. The Bertz CT molecular complexity index is 441. The van der Waals surface area contributed by atoms with Crippen molar-refractivity contribution in [2.24, 2.45) is 11.8 Å². The third kappa shape index (κ3) is 3.64. The Hall–Kier alpha value is -1.73. The highest BCUT2D eigenvalue weighted by molar-refractivity contribution is 5.92. The topological polar surface area (TPSA) is 87.4 Å². The van der Waals surface area contributed by atoms with Gasteiger partial charge in [-0.25, -0.2) is 5.84 Å². The quantitative estimate of drug-likeness (QED) is 0.603. The van der Waals surface area contributed by atoms with Crippen LogP contribution in [0, 0.1) is 5.92 Å². The van der Waals surface area contributed by atoms with Crippen molar-refractivity contribution in [3.05, 3.63) is 17.8 Å². The van der Waals surface area contributed by atoms with Crippen LogP contribution in [0.1, 0.15) is 23.3 Å². The van der Waals surface area contributed by atoms with E-state index in [1.165, 1.54) is 0 Å². The summed E-state index contributed by atoms with van der Waals surface area (Å²) in [5.41, 5.74) is 2.74. The number of nitrogens with one attached hydrogen (secondary N) is 1. The third-order valence-electron chi connectivity index (χ3n) is 3.75. The molecule has 2 heterocycles. The summed E-state index contributed by atoms with van der Waals surface area (Å²) in [7, 11) is 3.95. The normalized spacial score (nSPS) is 16.9. The van der Waals surface area contributed by atoms with Gasteiger partial charge in [0.05, 0.1) is 0 Å². The molecule has 7 heteroatoms. The number of nitrogen functional groups attached to an aromatic ring is 1. The van der Waals surface area contributed by atoms with Gasteiger partial charge in [0, 0.05) is 13.6 Å². The third-order valence-corrected chi connectivity index (χ3v) is 3.75. The molecule has 0 atom stereocenters. The van der Waals surface area contributed by atoms with Gasteiger partial charge < -0.3 is 15.2 Å². The van der Waals surface area contributed by atoms with E-state index in [1.807, 2.05) is 7.05 Å². The molecule has 7 nitrogen and oxygen atoms in total. The van der Waals surface area contributed by atoms with Crippen molar-refractivity contribution in [2.75, 3.05) is 39.2 Å². The summed E-state index contributed by atoms with van der Waals surface area (Å²) in [4.78, 5) is 16.3. The number of likely N-dealkylation sites (tertiary alicyclic amines) is 1. The first-order valence-electron chi connectivity index (χ1n) is 6.84. The van der Waals surface area contributed by atoms with Crippen LogP contribution in [0.15, 0.2) is 12.1 Å². The predicted octanol–water partition coefficient (Wildman–Crippen LogP) is 0.176. The number of carbonyl (C=O) groups excluding carboxylic acids is 1. The molecule has 0 saturated carbocycles. The van der Waals surface area contributed by atoms with Gasteiger partial charge in [-0.3, -0.25) is 4.79 Å². The van der Waals surface area contributed by atoms with Crippen LogP contribution in [0.4, 0.5) is 5.82 Å². The molecule has 1 aliphatic heterocycles. The van der Waals surface area contributed by atoms with E-state index in [0.29, 0.717) is 17.4 Å². The molecule has 1 amide bonds. The molecule has 110 valence electrons. The van der Waals surface area contributed by atoms with Crippen LogP contribution in [0.2, 0.25) is 0 Å². The van der Waals surface area contributed by atoms with Gasteiger partial charge in [0.25, 0.3) is 5.91 Å². The summed E-state index contributed by atoms with van der Waals surface area (Å²) in [6, 6.07) is 3.28. The number of aromatic nitrogens is 2. The molecule has 0 radical (unpaired) electrons. The number of nitrogens with zero attached hydrogens (tertiary/aromatic N) is 4. The van der Waals surface area contributed by atoms with Gasteiger partial charge in [-0.1, -0.05) is 0 Å². The van der Waals surface area contributed by atoms with Crippen molar-refractivity contribution in [3.8, 4) is 0 Å². The lowest BCUT2D eigenvalue weighted by Gasteiger charge is -2.31. The highest BCUT2D eigenvalue weighted by atomic mass is 16.2. The first-order chi connectivity index (χ1) is 9.60. The van der Waals surface area contributed by atoms with Crippen molar-refractivity contribution in [3.63, 3.8) is 0 Å². The van der Waals surface area contributed by atoms with Gasteiger partial charge in [0.1, 0.15) is 0 Å². The number of hydrogen-bond donors (Lipinski definition) is 2. The zero-order chi connectivity index (χ0) is 14.5. The maximum absolute atomic E-state index is 12.2. The lowest BCUT2D eigenvalue weighted by molar-refractivity contribution is 0.0740. The van der Waals surface area contributed by atoms with Gasteiger partial charge in [0.2, 0.25) is 0 Å². The van der Waals surface area contributed by atoms with Crippen LogP contribution in [0.3, 0.4) is 0 Å². The highest BCUT2D eigenvalue weighted by Crippen LogP contribution is 2.17. The summed E-state index contributed by atoms with van der Waals surface area (Å²) in [6.45, 7) is 2.97. The lowest BCUT2D eigenvalue weighted by atomic mass is 9.96. The molecule has 0 spiro atoms. The summed E-state index contributed by atoms with van der Waals surface area (Å²) in [5.74, 6) is 6.13. The van der Waals surface area contributed by atoms with Crippen LogP contribution in [0.25, 0.3) is 0 Å². The summed E-state index contributed by atoms with van der Waals surface area (Å²) >= 11 is 0. The number of hydrazine groups is 1. The Kier molecular flexibility index (Phi) is 4.86. The first kappa shape index (κ1) is 14.7. The van der Waals surface area contributed by atoms with Crippen molar-refractivity contribution < 1.29 is 4.79 Å². The minimum atomic E-state index is -0.0972. The van der Waals surface area contributed by atoms with E-state index < -0.39 is 0 Å². The summed E-state index contributed by atoms with van der Waals surface area (Å²) < 4.78 is 0. The second-order valence-electron chi connectivity index (χ2n) is 5.38. The molecule has 1 aromatic heterocycles. The van der Waals surface area contributed by atoms with Crippen molar-refractivity contribution in [1.82, 2.24) is 20.0 Å². The molecule has 1 aromatic rings. The molecular weight excluding hydrogens is 256 g/mol. The van der Waals surface area contributed by atoms with Crippen molar-refractivity contribution >= 4 is 11.7 Å². The van der Waals surface area contributed by atoms with E-state index in [-0.39, 0.29) is 5.91 Å². The van der Waals surface area contributed by atoms with E-state index in [4.69, 9.17) is 5.84 Å². The van der Waals surface area contributed by atoms with Gasteiger partial charge >= 0.3 is 0 Å². The number of piperidine rings is 1. The molecule has 0 bridgehead atoms. The molecule has 1 aliphatic rings. The summed E-state index contributed by atoms with van der Waals surface area (Å²) in [6.07, 6.45) is 2.27. The van der Waals surface area contributed by atoms with E-state index in [0.717, 1.165) is 32.5 Å². The van der Waals surface area contributed by atoms with Crippen LogP contribution in [-0.2, 0) is 0 Å². The Morgan fingerprint density at radius 3 is 2.70 bits per heavy atom. The number of amides is 1. The maximum Gasteiger partial charge on any atom is 0.274 e. The molecule has 0 aliphatic carbocycles. The van der Waals surface area contributed by atoms with E-state index in [1.54, 1.807) is 17.0 Å².